The summed E-state index contributed by atoms with van der Waals surface area (Å²) in [4.78, 5) is 4.50. The summed E-state index contributed by atoms with van der Waals surface area (Å²) in [5.74, 6) is -1.18. The van der Waals surface area contributed by atoms with Crippen LogP contribution in [0.2, 0.25) is 0 Å². The van der Waals surface area contributed by atoms with Crippen LogP contribution in [0.5, 0.6) is 0 Å². The summed E-state index contributed by atoms with van der Waals surface area (Å²) in [6.07, 6.45) is 0. The Balaban J connectivity index is 1.78. The summed E-state index contributed by atoms with van der Waals surface area (Å²) in [7, 11) is 0. The molecule has 1 fully saturated rings. The predicted octanol–water partition coefficient (Wildman–Crippen LogP) is 3.10. The van der Waals surface area contributed by atoms with E-state index in [-0.39, 0.29) is 6.04 Å². The van der Waals surface area contributed by atoms with Gasteiger partial charge in [-0.2, -0.15) is 0 Å². The van der Waals surface area contributed by atoms with Gasteiger partial charge in [0.25, 0.3) is 0 Å². The zero-order valence-corrected chi connectivity index (χ0v) is 15.1. The van der Waals surface area contributed by atoms with Crippen molar-refractivity contribution in [3.63, 3.8) is 0 Å². The summed E-state index contributed by atoms with van der Waals surface area (Å²) in [6, 6.07) is 21.5. The molecule has 1 aliphatic heterocycles. The number of aliphatic hydroxyl groups is 1. The molecule has 1 atom stereocenters. The number of hydrogen-bond donors (Lipinski definition) is 1. The molecule has 1 unspecified atom stereocenters. The summed E-state index contributed by atoms with van der Waals surface area (Å²) in [5.41, 5.74) is 2.61. The molecule has 3 rings (SSSR count). The molecule has 0 aromatic heterocycles. The Labute approximate surface area is 150 Å². The minimum absolute atomic E-state index is 0.238. The molecule has 0 radical (unpaired) electrons. The minimum atomic E-state index is -1.18. The van der Waals surface area contributed by atoms with Crippen LogP contribution in [-0.2, 0) is 4.74 Å². The Morgan fingerprint density at radius 3 is 1.84 bits per heavy atom. The lowest BCUT2D eigenvalue weighted by Gasteiger charge is -2.44. The van der Waals surface area contributed by atoms with Gasteiger partial charge in [0.2, 0.25) is 5.91 Å². The van der Waals surface area contributed by atoms with E-state index in [4.69, 9.17) is 4.74 Å². The fourth-order valence-corrected chi connectivity index (χ4v) is 3.64. The van der Waals surface area contributed by atoms with E-state index in [9.17, 15) is 5.11 Å². The van der Waals surface area contributed by atoms with Crippen LogP contribution in [0, 0.1) is 0 Å². The van der Waals surface area contributed by atoms with E-state index in [1.54, 1.807) is 6.92 Å². The van der Waals surface area contributed by atoms with Gasteiger partial charge in [0, 0.05) is 39.7 Å². The maximum atomic E-state index is 10.5. The van der Waals surface area contributed by atoms with Gasteiger partial charge in [0.1, 0.15) is 0 Å². The smallest absolute Gasteiger partial charge is 0.224 e. The van der Waals surface area contributed by atoms with Crippen molar-refractivity contribution in [3.8, 4) is 0 Å². The van der Waals surface area contributed by atoms with Crippen LogP contribution in [0.25, 0.3) is 0 Å². The van der Waals surface area contributed by atoms with E-state index in [2.05, 4.69) is 65.6 Å². The molecule has 0 aliphatic carbocycles. The zero-order chi connectivity index (χ0) is 17.7. The second kappa shape index (κ2) is 8.11. The third-order valence-corrected chi connectivity index (χ3v) is 4.91. The third-order valence-electron chi connectivity index (χ3n) is 4.91. The van der Waals surface area contributed by atoms with Gasteiger partial charge in [-0.3, -0.25) is 9.80 Å². The van der Waals surface area contributed by atoms with Gasteiger partial charge in [-0.25, -0.2) is 0 Å². The van der Waals surface area contributed by atoms with Crippen molar-refractivity contribution in [1.29, 1.82) is 0 Å². The first-order chi connectivity index (χ1) is 12.1. The second-order valence-electron chi connectivity index (χ2n) is 6.61. The fourth-order valence-electron chi connectivity index (χ4n) is 3.64. The highest BCUT2D eigenvalue weighted by Gasteiger charge is 2.34. The van der Waals surface area contributed by atoms with Gasteiger partial charge >= 0.3 is 0 Å². The summed E-state index contributed by atoms with van der Waals surface area (Å²) in [5, 5.41) is 10.5. The third kappa shape index (κ3) is 4.28. The molecule has 1 N–H and O–H groups in total. The van der Waals surface area contributed by atoms with Crippen molar-refractivity contribution in [3.05, 3.63) is 71.8 Å². The zero-order valence-electron chi connectivity index (χ0n) is 15.1. The van der Waals surface area contributed by atoms with E-state index in [0.717, 1.165) is 26.2 Å². The van der Waals surface area contributed by atoms with E-state index in [1.807, 2.05) is 11.8 Å². The van der Waals surface area contributed by atoms with Crippen LogP contribution in [0.4, 0.5) is 0 Å². The lowest BCUT2D eigenvalue weighted by Crippen LogP contribution is -2.57. The number of piperazine rings is 1. The fraction of sp³-hybridized carbons (Fsp3) is 0.429. The largest absolute Gasteiger partial charge is 0.353 e. The molecule has 1 heterocycles. The molecule has 4 nitrogen and oxygen atoms in total. The molecule has 2 aromatic rings. The second-order valence-corrected chi connectivity index (χ2v) is 6.61. The molecule has 0 bridgehead atoms. The highest BCUT2D eigenvalue weighted by molar-refractivity contribution is 5.31. The van der Waals surface area contributed by atoms with Gasteiger partial charge in [0.05, 0.1) is 6.04 Å². The topological polar surface area (TPSA) is 35.9 Å². The maximum Gasteiger partial charge on any atom is 0.224 e. The number of rotatable bonds is 6. The van der Waals surface area contributed by atoms with E-state index in [1.165, 1.54) is 11.1 Å². The Morgan fingerprint density at radius 2 is 1.40 bits per heavy atom. The first kappa shape index (κ1) is 18.1. The first-order valence-corrected chi connectivity index (χ1v) is 9.07. The molecular weight excluding hydrogens is 312 g/mol. The number of nitrogens with zero attached hydrogens (tertiary/aromatic N) is 2. The Bertz CT molecular complexity index is 598. The van der Waals surface area contributed by atoms with Gasteiger partial charge in [-0.05, 0) is 18.1 Å². The molecule has 2 aromatic carbocycles. The van der Waals surface area contributed by atoms with E-state index >= 15 is 0 Å². The maximum absolute atomic E-state index is 10.5. The van der Waals surface area contributed by atoms with Gasteiger partial charge < -0.3 is 9.84 Å². The SMILES string of the molecule is CCOC(C)(O)N1CCN(C(c2ccccc2)c2ccccc2)CC1. The summed E-state index contributed by atoms with van der Waals surface area (Å²) < 4.78 is 5.50. The highest BCUT2D eigenvalue weighted by atomic mass is 16.6. The van der Waals surface area contributed by atoms with Crippen molar-refractivity contribution >= 4 is 0 Å². The van der Waals surface area contributed by atoms with Crippen molar-refractivity contribution in [2.45, 2.75) is 25.8 Å². The Kier molecular flexibility index (Phi) is 5.86. The van der Waals surface area contributed by atoms with Crippen molar-refractivity contribution in [2.24, 2.45) is 0 Å². The van der Waals surface area contributed by atoms with Crippen molar-refractivity contribution in [2.75, 3.05) is 32.8 Å². The van der Waals surface area contributed by atoms with E-state index < -0.39 is 5.91 Å². The van der Waals surface area contributed by atoms with Crippen molar-refractivity contribution in [1.82, 2.24) is 9.80 Å². The molecule has 1 saturated heterocycles. The average molecular weight is 340 g/mol. The van der Waals surface area contributed by atoms with Crippen LogP contribution in [-0.4, -0.2) is 53.6 Å². The van der Waals surface area contributed by atoms with Crippen LogP contribution in [0.15, 0.2) is 60.7 Å². The molecule has 1 aliphatic rings. The lowest BCUT2D eigenvalue weighted by atomic mass is 9.96. The number of benzene rings is 2. The van der Waals surface area contributed by atoms with E-state index in [0.29, 0.717) is 6.61 Å². The molecule has 4 heteroatoms. The molecular formula is C21H28N2O2. The highest BCUT2D eigenvalue weighted by Crippen LogP contribution is 2.30. The average Bonchev–Trinajstić information content (AvgIpc) is 2.64. The first-order valence-electron chi connectivity index (χ1n) is 9.07. The summed E-state index contributed by atoms with van der Waals surface area (Å²) in [6.45, 7) is 7.48. The van der Waals surface area contributed by atoms with Crippen molar-refractivity contribution < 1.29 is 9.84 Å². The normalized spacial score (nSPS) is 19.0. The Morgan fingerprint density at radius 1 is 0.920 bits per heavy atom. The monoisotopic (exact) mass is 340 g/mol. The predicted molar refractivity (Wildman–Crippen MR) is 100 cm³/mol. The lowest BCUT2D eigenvalue weighted by molar-refractivity contribution is -0.284. The van der Waals surface area contributed by atoms with Crippen LogP contribution < -0.4 is 0 Å². The number of ether oxygens (including phenoxy) is 1. The van der Waals surface area contributed by atoms with Gasteiger partial charge in [-0.1, -0.05) is 60.7 Å². The minimum Gasteiger partial charge on any atom is -0.353 e. The van der Waals surface area contributed by atoms with Crippen LogP contribution >= 0.6 is 0 Å². The van der Waals surface area contributed by atoms with Crippen LogP contribution in [0.3, 0.4) is 0 Å². The molecule has 0 spiro atoms. The summed E-state index contributed by atoms with van der Waals surface area (Å²) >= 11 is 0. The standard InChI is InChI=1S/C21H28N2O2/c1-3-25-21(2,24)23-16-14-22(15-17-23)20(18-10-6-4-7-11-18)19-12-8-5-9-13-19/h4-13,20,24H,3,14-17H2,1-2H3. The molecule has 25 heavy (non-hydrogen) atoms. The van der Waals surface area contributed by atoms with Crippen LogP contribution in [0.1, 0.15) is 31.0 Å². The van der Waals surface area contributed by atoms with Gasteiger partial charge in [0.15, 0.2) is 0 Å². The molecule has 134 valence electrons. The number of hydrogen-bond acceptors (Lipinski definition) is 4. The molecule has 0 saturated carbocycles. The molecule has 0 amide bonds. The quantitative estimate of drug-likeness (QED) is 0.820. The van der Waals surface area contributed by atoms with Gasteiger partial charge in [-0.15, -0.1) is 0 Å². The Hall–Kier alpha value is -1.72.